The van der Waals surface area contributed by atoms with Crippen molar-refractivity contribution in [2.24, 2.45) is 5.11 Å². The van der Waals surface area contributed by atoms with E-state index in [1.807, 2.05) is 12.1 Å². The molecule has 2 heterocycles. The quantitative estimate of drug-likeness (QED) is 0.387. The van der Waals surface area contributed by atoms with Gasteiger partial charge in [-0.25, -0.2) is 0 Å². The SMILES string of the molecule is [N-]=[N+]=Nc1nccc2cc[nH]c12. The minimum Gasteiger partial charge on any atom is -0.360 e. The second kappa shape index (κ2) is 2.56. The number of nitrogens with zero attached hydrogens (tertiary/aromatic N) is 4. The van der Waals surface area contributed by atoms with Crippen LogP contribution in [0.5, 0.6) is 0 Å². The van der Waals surface area contributed by atoms with Crippen LogP contribution < -0.4 is 0 Å². The van der Waals surface area contributed by atoms with Gasteiger partial charge in [-0.1, -0.05) is 0 Å². The van der Waals surface area contributed by atoms with Crippen LogP contribution in [0.25, 0.3) is 21.3 Å². The van der Waals surface area contributed by atoms with Crippen molar-refractivity contribution in [1.82, 2.24) is 9.97 Å². The van der Waals surface area contributed by atoms with Gasteiger partial charge in [0.25, 0.3) is 0 Å². The Morgan fingerprint density at radius 3 is 3.25 bits per heavy atom. The number of fused-ring (bicyclic) bond motifs is 1. The third kappa shape index (κ3) is 0.889. The maximum absolute atomic E-state index is 8.22. The van der Waals surface area contributed by atoms with Crippen molar-refractivity contribution >= 4 is 16.7 Å². The zero-order valence-electron chi connectivity index (χ0n) is 6.10. The predicted octanol–water partition coefficient (Wildman–Crippen LogP) is 2.50. The van der Waals surface area contributed by atoms with Gasteiger partial charge in [0.05, 0.1) is 5.52 Å². The highest BCUT2D eigenvalue weighted by molar-refractivity contribution is 5.87. The van der Waals surface area contributed by atoms with Crippen LogP contribution in [-0.2, 0) is 0 Å². The number of rotatable bonds is 1. The van der Waals surface area contributed by atoms with Crippen LogP contribution in [0.2, 0.25) is 0 Å². The van der Waals surface area contributed by atoms with Crippen LogP contribution in [0.3, 0.4) is 0 Å². The molecule has 12 heavy (non-hydrogen) atoms. The second-order valence-electron chi connectivity index (χ2n) is 2.27. The lowest BCUT2D eigenvalue weighted by Crippen LogP contribution is -1.73. The molecule has 0 aliphatic carbocycles. The number of nitrogens with one attached hydrogen (secondary N) is 1. The molecule has 0 saturated carbocycles. The second-order valence-corrected chi connectivity index (χ2v) is 2.27. The molecule has 0 aliphatic heterocycles. The molecule has 2 rings (SSSR count). The first kappa shape index (κ1) is 6.69. The number of pyridine rings is 1. The van der Waals surface area contributed by atoms with E-state index in [0.29, 0.717) is 5.82 Å². The van der Waals surface area contributed by atoms with Crippen LogP contribution in [0, 0.1) is 0 Å². The summed E-state index contributed by atoms with van der Waals surface area (Å²) in [4.78, 5) is 9.54. The van der Waals surface area contributed by atoms with Crippen molar-refractivity contribution in [3.05, 3.63) is 35.0 Å². The summed E-state index contributed by atoms with van der Waals surface area (Å²) in [6.45, 7) is 0. The summed E-state index contributed by atoms with van der Waals surface area (Å²) in [6, 6.07) is 3.75. The number of aromatic nitrogens is 2. The number of aromatic amines is 1. The first-order valence-corrected chi connectivity index (χ1v) is 3.39. The summed E-state index contributed by atoms with van der Waals surface area (Å²) in [6.07, 6.45) is 3.39. The zero-order valence-corrected chi connectivity index (χ0v) is 6.10. The van der Waals surface area contributed by atoms with Crippen LogP contribution in [0.4, 0.5) is 5.82 Å². The van der Waals surface area contributed by atoms with Crippen LogP contribution >= 0.6 is 0 Å². The van der Waals surface area contributed by atoms with Gasteiger partial charge in [0.2, 0.25) is 0 Å². The summed E-state index contributed by atoms with van der Waals surface area (Å²) >= 11 is 0. The number of azide groups is 1. The van der Waals surface area contributed by atoms with E-state index in [2.05, 4.69) is 20.0 Å². The standard InChI is InChI=1S/C7H5N5/c8-12-11-7-6-5(1-3-9-6)2-4-10-7/h1-4,9H. The molecule has 0 saturated heterocycles. The summed E-state index contributed by atoms with van der Waals surface area (Å²) in [5.41, 5.74) is 8.99. The van der Waals surface area contributed by atoms with Gasteiger partial charge in [-0.3, -0.25) is 4.98 Å². The topological polar surface area (TPSA) is 77.4 Å². The molecule has 0 bridgehead atoms. The van der Waals surface area contributed by atoms with Gasteiger partial charge in [-0.05, 0) is 22.8 Å². The van der Waals surface area contributed by atoms with Crippen molar-refractivity contribution < 1.29 is 0 Å². The maximum atomic E-state index is 8.22. The molecule has 2 aromatic rings. The van der Waals surface area contributed by atoms with Crippen molar-refractivity contribution in [3.8, 4) is 0 Å². The highest BCUT2D eigenvalue weighted by Gasteiger charge is 1.98. The molecular formula is C7H5N5. The van der Waals surface area contributed by atoms with E-state index in [-0.39, 0.29) is 0 Å². The first-order chi connectivity index (χ1) is 5.92. The molecule has 0 aromatic carbocycles. The molecule has 1 N–H and O–H groups in total. The number of hydrogen-bond donors (Lipinski definition) is 1. The van der Waals surface area contributed by atoms with E-state index in [9.17, 15) is 0 Å². The molecule has 5 heteroatoms. The highest BCUT2D eigenvalue weighted by Crippen LogP contribution is 2.20. The molecule has 0 aliphatic rings. The maximum Gasteiger partial charge on any atom is 0.150 e. The van der Waals surface area contributed by atoms with Crippen molar-refractivity contribution in [2.75, 3.05) is 0 Å². The molecular weight excluding hydrogens is 154 g/mol. The lowest BCUT2D eigenvalue weighted by atomic mass is 10.3. The van der Waals surface area contributed by atoms with Crippen LogP contribution in [-0.4, -0.2) is 9.97 Å². The van der Waals surface area contributed by atoms with E-state index in [0.717, 1.165) is 10.9 Å². The average Bonchev–Trinajstić information content (AvgIpc) is 2.53. The Morgan fingerprint density at radius 2 is 2.42 bits per heavy atom. The van der Waals surface area contributed by atoms with Crippen LogP contribution in [0.1, 0.15) is 0 Å². The minimum atomic E-state index is 0.389. The molecule has 58 valence electrons. The van der Waals surface area contributed by atoms with E-state index in [1.54, 1.807) is 12.4 Å². The van der Waals surface area contributed by atoms with Gasteiger partial charge < -0.3 is 4.98 Å². The monoisotopic (exact) mass is 159 g/mol. The van der Waals surface area contributed by atoms with Gasteiger partial charge >= 0.3 is 0 Å². The fraction of sp³-hybridized carbons (Fsp3) is 0. The molecule has 0 unspecified atom stereocenters. The Kier molecular flexibility index (Phi) is 1.43. The molecule has 0 radical (unpaired) electrons. The third-order valence-electron chi connectivity index (χ3n) is 1.59. The summed E-state index contributed by atoms with van der Waals surface area (Å²) in [7, 11) is 0. The fourth-order valence-corrected chi connectivity index (χ4v) is 1.08. The largest absolute Gasteiger partial charge is 0.360 e. The van der Waals surface area contributed by atoms with Gasteiger partial charge in [0.15, 0.2) is 5.82 Å². The number of hydrogen-bond acceptors (Lipinski definition) is 2. The lowest BCUT2D eigenvalue weighted by Gasteiger charge is -1.91. The van der Waals surface area contributed by atoms with Gasteiger partial charge in [-0.15, -0.1) is 0 Å². The first-order valence-electron chi connectivity index (χ1n) is 3.39. The smallest absolute Gasteiger partial charge is 0.150 e. The van der Waals surface area contributed by atoms with Crippen molar-refractivity contribution in [2.45, 2.75) is 0 Å². The fourth-order valence-electron chi connectivity index (χ4n) is 1.08. The Morgan fingerprint density at radius 1 is 1.50 bits per heavy atom. The van der Waals surface area contributed by atoms with Gasteiger partial charge in [0, 0.05) is 22.7 Å². The molecule has 0 amide bonds. The van der Waals surface area contributed by atoms with E-state index >= 15 is 0 Å². The Hall–Kier alpha value is -2.00. The van der Waals surface area contributed by atoms with E-state index in [4.69, 9.17) is 5.53 Å². The highest BCUT2D eigenvalue weighted by atomic mass is 15.2. The van der Waals surface area contributed by atoms with E-state index < -0.39 is 0 Å². The van der Waals surface area contributed by atoms with Gasteiger partial charge in [0.1, 0.15) is 0 Å². The molecule has 0 atom stereocenters. The molecule has 0 spiro atoms. The Bertz CT molecular complexity index is 452. The zero-order chi connectivity index (χ0) is 8.39. The number of H-pyrrole nitrogens is 1. The van der Waals surface area contributed by atoms with Crippen molar-refractivity contribution in [1.29, 1.82) is 0 Å². The van der Waals surface area contributed by atoms with E-state index in [1.165, 1.54) is 0 Å². The Balaban J connectivity index is 2.81. The average molecular weight is 159 g/mol. The van der Waals surface area contributed by atoms with Crippen LogP contribution in [0.15, 0.2) is 29.6 Å². The molecule has 2 aromatic heterocycles. The molecule has 5 nitrogen and oxygen atoms in total. The molecule has 0 fully saturated rings. The summed E-state index contributed by atoms with van der Waals surface area (Å²) < 4.78 is 0. The summed E-state index contributed by atoms with van der Waals surface area (Å²) in [5.74, 6) is 0.389. The lowest BCUT2D eigenvalue weighted by molar-refractivity contribution is 1.27. The summed E-state index contributed by atoms with van der Waals surface area (Å²) in [5, 5.41) is 4.44. The van der Waals surface area contributed by atoms with Crippen molar-refractivity contribution in [3.63, 3.8) is 0 Å². The van der Waals surface area contributed by atoms with Gasteiger partial charge in [-0.2, -0.15) is 0 Å². The Labute approximate surface area is 67.7 Å². The normalized spacial score (nSPS) is 9.67. The predicted molar refractivity (Wildman–Crippen MR) is 44.9 cm³/mol. The minimum absolute atomic E-state index is 0.389. The third-order valence-corrected chi connectivity index (χ3v) is 1.59.